The fourth-order valence-electron chi connectivity index (χ4n) is 2.22. The summed E-state index contributed by atoms with van der Waals surface area (Å²) in [5, 5.41) is 8.59. The SMILES string of the molecule is O=C(CCNC1CC1)Nc1cccc2ccccc12. The van der Waals surface area contributed by atoms with Crippen molar-refractivity contribution in [2.45, 2.75) is 25.3 Å². The summed E-state index contributed by atoms with van der Waals surface area (Å²) in [6.45, 7) is 0.765. The molecule has 3 heteroatoms. The van der Waals surface area contributed by atoms with Crippen molar-refractivity contribution in [1.82, 2.24) is 5.32 Å². The second-order valence-corrected chi connectivity index (χ2v) is 5.05. The van der Waals surface area contributed by atoms with Crippen molar-refractivity contribution in [1.29, 1.82) is 0 Å². The maximum Gasteiger partial charge on any atom is 0.225 e. The first kappa shape index (κ1) is 12.2. The first-order valence-electron chi connectivity index (χ1n) is 6.84. The Morgan fingerprint density at radius 2 is 1.89 bits per heavy atom. The van der Waals surface area contributed by atoms with Gasteiger partial charge in [0.2, 0.25) is 5.91 Å². The van der Waals surface area contributed by atoms with Gasteiger partial charge in [0.15, 0.2) is 0 Å². The highest BCUT2D eigenvalue weighted by Gasteiger charge is 2.20. The monoisotopic (exact) mass is 254 g/mol. The molecule has 0 heterocycles. The Hall–Kier alpha value is -1.87. The molecule has 2 aromatic rings. The minimum atomic E-state index is 0.0736. The first-order chi connectivity index (χ1) is 9.33. The summed E-state index contributed by atoms with van der Waals surface area (Å²) >= 11 is 0. The molecule has 1 amide bonds. The van der Waals surface area contributed by atoms with E-state index in [4.69, 9.17) is 0 Å². The molecule has 0 radical (unpaired) electrons. The summed E-state index contributed by atoms with van der Waals surface area (Å²) in [5.41, 5.74) is 0.898. The van der Waals surface area contributed by atoms with Crippen molar-refractivity contribution in [3.63, 3.8) is 0 Å². The zero-order chi connectivity index (χ0) is 13.1. The van der Waals surface area contributed by atoms with Crippen molar-refractivity contribution in [3.05, 3.63) is 42.5 Å². The number of benzene rings is 2. The smallest absolute Gasteiger partial charge is 0.225 e. The first-order valence-corrected chi connectivity index (χ1v) is 6.84. The summed E-state index contributed by atoms with van der Waals surface area (Å²) < 4.78 is 0. The van der Waals surface area contributed by atoms with E-state index in [1.54, 1.807) is 0 Å². The van der Waals surface area contributed by atoms with Gasteiger partial charge in [-0.2, -0.15) is 0 Å². The van der Waals surface area contributed by atoms with Gasteiger partial charge in [0.1, 0.15) is 0 Å². The lowest BCUT2D eigenvalue weighted by atomic mass is 10.1. The van der Waals surface area contributed by atoms with Crippen molar-refractivity contribution in [2.75, 3.05) is 11.9 Å². The molecule has 98 valence electrons. The van der Waals surface area contributed by atoms with Crippen molar-refractivity contribution in [2.24, 2.45) is 0 Å². The molecule has 0 saturated heterocycles. The number of hydrogen-bond acceptors (Lipinski definition) is 2. The predicted octanol–water partition coefficient (Wildman–Crippen LogP) is 2.92. The fourth-order valence-corrected chi connectivity index (χ4v) is 2.22. The summed E-state index contributed by atoms with van der Waals surface area (Å²) in [5.74, 6) is 0.0736. The molecule has 3 rings (SSSR count). The highest BCUT2D eigenvalue weighted by atomic mass is 16.1. The van der Waals surface area contributed by atoms with E-state index in [9.17, 15) is 4.79 Å². The van der Waals surface area contributed by atoms with Gasteiger partial charge in [-0.05, 0) is 24.3 Å². The quantitative estimate of drug-likeness (QED) is 0.861. The minimum absolute atomic E-state index is 0.0736. The van der Waals surface area contributed by atoms with E-state index in [2.05, 4.69) is 22.8 Å². The van der Waals surface area contributed by atoms with E-state index in [0.29, 0.717) is 12.5 Å². The van der Waals surface area contributed by atoms with E-state index in [1.807, 2.05) is 30.3 Å². The Labute approximate surface area is 113 Å². The van der Waals surface area contributed by atoms with Gasteiger partial charge in [-0.15, -0.1) is 0 Å². The van der Waals surface area contributed by atoms with Gasteiger partial charge in [0.05, 0.1) is 0 Å². The largest absolute Gasteiger partial charge is 0.325 e. The van der Waals surface area contributed by atoms with E-state index < -0.39 is 0 Å². The van der Waals surface area contributed by atoms with Gasteiger partial charge in [-0.1, -0.05) is 36.4 Å². The summed E-state index contributed by atoms with van der Waals surface area (Å²) in [6.07, 6.45) is 3.04. The van der Waals surface area contributed by atoms with E-state index >= 15 is 0 Å². The molecule has 2 N–H and O–H groups in total. The minimum Gasteiger partial charge on any atom is -0.325 e. The average molecular weight is 254 g/mol. The van der Waals surface area contributed by atoms with Crippen LogP contribution in [0.1, 0.15) is 19.3 Å². The molecule has 0 unspecified atom stereocenters. The van der Waals surface area contributed by atoms with Gasteiger partial charge < -0.3 is 10.6 Å². The Kier molecular flexibility index (Phi) is 3.47. The van der Waals surface area contributed by atoms with Crippen LogP contribution in [0.3, 0.4) is 0 Å². The lowest BCUT2D eigenvalue weighted by Gasteiger charge is -2.09. The molecule has 0 aliphatic heterocycles. The fraction of sp³-hybridized carbons (Fsp3) is 0.312. The van der Waals surface area contributed by atoms with Crippen molar-refractivity contribution < 1.29 is 4.79 Å². The molecule has 1 fully saturated rings. The average Bonchev–Trinajstić information content (AvgIpc) is 3.23. The number of amides is 1. The molecule has 2 aromatic carbocycles. The molecular weight excluding hydrogens is 236 g/mol. The van der Waals surface area contributed by atoms with Crippen molar-refractivity contribution >= 4 is 22.4 Å². The Morgan fingerprint density at radius 3 is 2.74 bits per heavy atom. The topological polar surface area (TPSA) is 41.1 Å². The van der Waals surface area contributed by atoms with Crippen LogP contribution < -0.4 is 10.6 Å². The van der Waals surface area contributed by atoms with E-state index in [1.165, 1.54) is 12.8 Å². The lowest BCUT2D eigenvalue weighted by molar-refractivity contribution is -0.116. The van der Waals surface area contributed by atoms with Crippen LogP contribution in [0.2, 0.25) is 0 Å². The number of hydrogen-bond donors (Lipinski definition) is 2. The van der Waals surface area contributed by atoms with E-state index in [-0.39, 0.29) is 5.91 Å². The highest BCUT2D eigenvalue weighted by Crippen LogP contribution is 2.23. The Bertz CT molecular complexity index is 585. The molecular formula is C16H18N2O. The number of nitrogens with one attached hydrogen (secondary N) is 2. The van der Waals surface area contributed by atoms with Crippen LogP contribution in [-0.2, 0) is 4.79 Å². The van der Waals surface area contributed by atoms with Gasteiger partial charge in [0, 0.05) is 30.1 Å². The summed E-state index contributed by atoms with van der Waals surface area (Å²) in [7, 11) is 0. The third-order valence-corrected chi connectivity index (χ3v) is 3.43. The molecule has 1 saturated carbocycles. The third kappa shape index (κ3) is 3.12. The summed E-state index contributed by atoms with van der Waals surface area (Å²) in [6, 6.07) is 14.7. The van der Waals surface area contributed by atoms with Gasteiger partial charge in [-0.25, -0.2) is 0 Å². The summed E-state index contributed by atoms with van der Waals surface area (Å²) in [4.78, 5) is 11.9. The third-order valence-electron chi connectivity index (χ3n) is 3.43. The van der Waals surface area contributed by atoms with Gasteiger partial charge in [0.25, 0.3) is 0 Å². The second kappa shape index (κ2) is 5.41. The number of carbonyl (C=O) groups is 1. The molecule has 0 atom stereocenters. The van der Waals surface area contributed by atoms with Crippen LogP contribution in [0, 0.1) is 0 Å². The number of anilines is 1. The molecule has 3 nitrogen and oxygen atoms in total. The molecule has 1 aliphatic rings. The van der Waals surface area contributed by atoms with Crippen LogP contribution in [-0.4, -0.2) is 18.5 Å². The number of fused-ring (bicyclic) bond motifs is 1. The lowest BCUT2D eigenvalue weighted by Crippen LogP contribution is -2.23. The Balaban J connectivity index is 1.64. The standard InChI is InChI=1S/C16H18N2O/c19-16(10-11-17-13-8-9-13)18-15-7-3-5-12-4-1-2-6-14(12)15/h1-7,13,17H,8-11H2,(H,18,19). The second-order valence-electron chi connectivity index (χ2n) is 5.05. The normalized spacial score (nSPS) is 14.5. The molecule has 0 spiro atoms. The predicted molar refractivity (Wildman–Crippen MR) is 78.2 cm³/mol. The molecule has 1 aliphatic carbocycles. The zero-order valence-corrected chi connectivity index (χ0v) is 10.9. The van der Waals surface area contributed by atoms with Crippen molar-refractivity contribution in [3.8, 4) is 0 Å². The van der Waals surface area contributed by atoms with E-state index in [0.717, 1.165) is 23.0 Å². The van der Waals surface area contributed by atoms with Gasteiger partial charge >= 0.3 is 0 Å². The van der Waals surface area contributed by atoms with Crippen LogP contribution in [0.15, 0.2) is 42.5 Å². The van der Waals surface area contributed by atoms with Crippen LogP contribution >= 0.6 is 0 Å². The maximum atomic E-state index is 11.9. The van der Waals surface area contributed by atoms with Crippen LogP contribution in [0.4, 0.5) is 5.69 Å². The Morgan fingerprint density at radius 1 is 1.11 bits per heavy atom. The molecule has 0 aromatic heterocycles. The van der Waals surface area contributed by atoms with Crippen LogP contribution in [0.5, 0.6) is 0 Å². The zero-order valence-electron chi connectivity index (χ0n) is 10.9. The highest BCUT2D eigenvalue weighted by molar-refractivity contribution is 6.02. The molecule has 0 bridgehead atoms. The number of rotatable bonds is 5. The van der Waals surface area contributed by atoms with Crippen LogP contribution in [0.25, 0.3) is 10.8 Å². The number of carbonyl (C=O) groups excluding carboxylic acids is 1. The van der Waals surface area contributed by atoms with Gasteiger partial charge in [-0.3, -0.25) is 4.79 Å². The molecule has 19 heavy (non-hydrogen) atoms. The maximum absolute atomic E-state index is 11.9.